The second-order valence-corrected chi connectivity index (χ2v) is 17.7. The molecule has 0 bridgehead atoms. The maximum absolute atomic E-state index is 12.8. The van der Waals surface area contributed by atoms with Crippen LogP contribution in [-0.4, -0.2) is 37.2 Å². The monoisotopic (exact) mass is 953 g/mol. The number of esters is 3. The zero-order valence-electron chi connectivity index (χ0n) is 44.3. The second kappa shape index (κ2) is 56.1. The lowest BCUT2D eigenvalue weighted by Gasteiger charge is -2.18. The van der Waals surface area contributed by atoms with E-state index in [-0.39, 0.29) is 44.0 Å². The summed E-state index contributed by atoms with van der Waals surface area (Å²) in [5, 5.41) is 0. The molecule has 0 aromatic heterocycles. The standard InChI is InChI=1S/C63H100O6/c1-4-7-10-13-16-19-22-25-28-30-31-33-35-38-41-44-47-50-53-56-62(65)68-59-60(58-67-61(64)55-52-49-46-43-40-37-34-27-24-21-18-15-12-9-6-3)69-63(66)57-54-51-48-45-42-39-36-32-29-26-23-20-17-14-11-8-5-2/h7-8,10-11,16-17,19-20,25-26,28-29,31,33,36,38-39,41,45,47-48,50,60H,4-6,9,12-15,18,21-24,27,30,32,34-35,37,40,42-44,46,49,51-59H2,1-3H3/b10-7-,11-8-,19-16-,20-17-,28-25-,29-26-,33-31-,39-36-,41-38-,48-45-,50-47-/t60-/m1/s1. The molecular formula is C63H100O6. The van der Waals surface area contributed by atoms with Crippen molar-refractivity contribution in [2.75, 3.05) is 13.2 Å². The molecule has 0 amide bonds. The first kappa shape index (κ1) is 64.5. The van der Waals surface area contributed by atoms with Gasteiger partial charge < -0.3 is 14.2 Å². The van der Waals surface area contributed by atoms with Crippen LogP contribution >= 0.6 is 0 Å². The van der Waals surface area contributed by atoms with Crippen molar-refractivity contribution in [2.24, 2.45) is 0 Å². The smallest absolute Gasteiger partial charge is 0.306 e. The second-order valence-electron chi connectivity index (χ2n) is 17.7. The van der Waals surface area contributed by atoms with Crippen LogP contribution in [0.25, 0.3) is 0 Å². The van der Waals surface area contributed by atoms with Crippen LogP contribution in [0.5, 0.6) is 0 Å². The Balaban J connectivity index is 4.60. The van der Waals surface area contributed by atoms with Crippen molar-refractivity contribution < 1.29 is 28.6 Å². The third kappa shape index (κ3) is 54.4. The molecule has 0 aliphatic heterocycles. The minimum Gasteiger partial charge on any atom is -0.462 e. The summed E-state index contributed by atoms with van der Waals surface area (Å²) in [5.74, 6) is -1.08. The number of carbonyl (C=O) groups is 3. The lowest BCUT2D eigenvalue weighted by molar-refractivity contribution is -0.166. The number of unbranched alkanes of at least 4 members (excludes halogenated alkanes) is 15. The lowest BCUT2D eigenvalue weighted by atomic mass is 10.0. The van der Waals surface area contributed by atoms with Crippen LogP contribution in [0.1, 0.15) is 226 Å². The average molecular weight is 953 g/mol. The van der Waals surface area contributed by atoms with Crippen molar-refractivity contribution >= 4 is 17.9 Å². The number of hydrogen-bond acceptors (Lipinski definition) is 6. The number of hydrogen-bond donors (Lipinski definition) is 0. The molecule has 0 aliphatic carbocycles. The van der Waals surface area contributed by atoms with Gasteiger partial charge in [-0.2, -0.15) is 0 Å². The molecule has 0 aromatic carbocycles. The summed E-state index contributed by atoms with van der Waals surface area (Å²) in [6.45, 7) is 6.29. The number of ether oxygens (including phenoxy) is 3. The van der Waals surface area contributed by atoms with Crippen LogP contribution in [0.2, 0.25) is 0 Å². The summed E-state index contributed by atoms with van der Waals surface area (Å²) in [7, 11) is 0. The predicted octanol–water partition coefficient (Wildman–Crippen LogP) is 18.6. The molecule has 1 atom stereocenters. The summed E-state index contributed by atoms with van der Waals surface area (Å²) < 4.78 is 16.7. The van der Waals surface area contributed by atoms with Gasteiger partial charge in [0.05, 0.1) is 0 Å². The molecule has 0 aliphatic rings. The minimum absolute atomic E-state index is 0.126. The van der Waals surface area contributed by atoms with E-state index >= 15 is 0 Å². The Morgan fingerprint density at radius 1 is 0.304 bits per heavy atom. The number of rotatable bonds is 48. The Bertz CT molecular complexity index is 1510. The Morgan fingerprint density at radius 2 is 0.594 bits per heavy atom. The summed E-state index contributed by atoms with van der Waals surface area (Å²) in [6.07, 6.45) is 78.8. The molecule has 0 radical (unpaired) electrons. The van der Waals surface area contributed by atoms with Gasteiger partial charge in [0.25, 0.3) is 0 Å². The van der Waals surface area contributed by atoms with Gasteiger partial charge in [0, 0.05) is 19.3 Å². The Morgan fingerprint density at radius 3 is 0.957 bits per heavy atom. The van der Waals surface area contributed by atoms with Crippen molar-refractivity contribution in [1.82, 2.24) is 0 Å². The van der Waals surface area contributed by atoms with E-state index in [1.165, 1.54) is 77.0 Å². The van der Waals surface area contributed by atoms with Crippen molar-refractivity contribution in [3.05, 3.63) is 134 Å². The van der Waals surface area contributed by atoms with Crippen LogP contribution in [0.3, 0.4) is 0 Å². The molecule has 0 saturated carbocycles. The molecule has 6 nitrogen and oxygen atoms in total. The SMILES string of the molecule is CC/C=C\C/C=C\C/C=C\C/C=C\C/C=C\C/C=C\CCC(=O)OC[C@@H](COC(=O)CCCCCCCCCCCCCCCCC)OC(=O)CCC/C=C\C/C=C\C/C=C\C/C=C\C/C=C\CC. The molecule has 0 fully saturated rings. The van der Waals surface area contributed by atoms with Crippen LogP contribution in [-0.2, 0) is 28.6 Å². The Hall–Kier alpha value is -4.45. The van der Waals surface area contributed by atoms with Gasteiger partial charge in [-0.25, -0.2) is 0 Å². The molecule has 69 heavy (non-hydrogen) atoms. The molecule has 0 aromatic rings. The van der Waals surface area contributed by atoms with Gasteiger partial charge in [0.1, 0.15) is 13.2 Å². The lowest BCUT2D eigenvalue weighted by Crippen LogP contribution is -2.30. The fourth-order valence-corrected chi connectivity index (χ4v) is 7.09. The highest BCUT2D eigenvalue weighted by Crippen LogP contribution is 2.14. The summed E-state index contributed by atoms with van der Waals surface area (Å²) in [5.41, 5.74) is 0. The zero-order chi connectivity index (χ0) is 50.0. The molecule has 0 rings (SSSR count). The van der Waals surface area contributed by atoms with Gasteiger partial charge in [-0.05, 0) is 96.3 Å². The molecule has 0 spiro atoms. The van der Waals surface area contributed by atoms with E-state index in [0.717, 1.165) is 96.3 Å². The largest absolute Gasteiger partial charge is 0.462 e. The van der Waals surface area contributed by atoms with Gasteiger partial charge in [-0.3, -0.25) is 14.4 Å². The molecule has 0 N–H and O–H groups in total. The van der Waals surface area contributed by atoms with Gasteiger partial charge >= 0.3 is 17.9 Å². The Kier molecular flexibility index (Phi) is 52.5. The third-order valence-corrected chi connectivity index (χ3v) is 11.2. The van der Waals surface area contributed by atoms with Crippen molar-refractivity contribution in [3.63, 3.8) is 0 Å². The van der Waals surface area contributed by atoms with Crippen molar-refractivity contribution in [2.45, 2.75) is 232 Å². The molecule has 388 valence electrons. The fraction of sp³-hybridized carbons (Fsp3) is 0.603. The molecular weight excluding hydrogens is 853 g/mol. The van der Waals surface area contributed by atoms with Gasteiger partial charge in [0.15, 0.2) is 6.10 Å². The molecule has 0 heterocycles. The van der Waals surface area contributed by atoms with E-state index in [1.807, 2.05) is 12.2 Å². The van der Waals surface area contributed by atoms with E-state index in [1.54, 1.807) is 0 Å². The van der Waals surface area contributed by atoms with Gasteiger partial charge in [0.2, 0.25) is 0 Å². The maximum Gasteiger partial charge on any atom is 0.306 e. The van der Waals surface area contributed by atoms with E-state index < -0.39 is 6.10 Å². The van der Waals surface area contributed by atoms with Crippen molar-refractivity contribution in [3.8, 4) is 0 Å². The predicted molar refractivity (Wildman–Crippen MR) is 297 cm³/mol. The normalized spacial score (nSPS) is 13.1. The molecule has 0 unspecified atom stereocenters. The van der Waals surface area contributed by atoms with Gasteiger partial charge in [-0.1, -0.05) is 244 Å². The highest BCUT2D eigenvalue weighted by Gasteiger charge is 2.19. The number of allylic oxidation sites excluding steroid dienone is 22. The first-order chi connectivity index (χ1) is 34.0. The van der Waals surface area contributed by atoms with Crippen LogP contribution < -0.4 is 0 Å². The summed E-state index contributed by atoms with van der Waals surface area (Å²) in [4.78, 5) is 38.1. The first-order valence-corrected chi connectivity index (χ1v) is 27.7. The fourth-order valence-electron chi connectivity index (χ4n) is 7.09. The zero-order valence-corrected chi connectivity index (χ0v) is 44.3. The van der Waals surface area contributed by atoms with Gasteiger partial charge in [-0.15, -0.1) is 0 Å². The van der Waals surface area contributed by atoms with Crippen LogP contribution in [0, 0.1) is 0 Å². The quantitative estimate of drug-likeness (QED) is 0.0262. The summed E-state index contributed by atoms with van der Waals surface area (Å²) >= 11 is 0. The third-order valence-electron chi connectivity index (χ3n) is 11.2. The number of carbonyl (C=O) groups excluding carboxylic acids is 3. The highest BCUT2D eigenvalue weighted by molar-refractivity contribution is 5.71. The van der Waals surface area contributed by atoms with Crippen LogP contribution in [0.4, 0.5) is 0 Å². The maximum atomic E-state index is 12.8. The molecule has 0 saturated heterocycles. The highest BCUT2D eigenvalue weighted by atomic mass is 16.6. The first-order valence-electron chi connectivity index (χ1n) is 27.7. The van der Waals surface area contributed by atoms with E-state index in [4.69, 9.17) is 14.2 Å². The average Bonchev–Trinajstić information content (AvgIpc) is 3.35. The van der Waals surface area contributed by atoms with Crippen molar-refractivity contribution in [1.29, 1.82) is 0 Å². The van der Waals surface area contributed by atoms with E-state index in [0.29, 0.717) is 19.3 Å². The molecule has 6 heteroatoms. The summed E-state index contributed by atoms with van der Waals surface area (Å²) in [6, 6.07) is 0. The topological polar surface area (TPSA) is 78.9 Å². The van der Waals surface area contributed by atoms with E-state index in [9.17, 15) is 14.4 Å². The van der Waals surface area contributed by atoms with E-state index in [2.05, 4.69) is 142 Å². The Labute approximate surface area is 424 Å². The van der Waals surface area contributed by atoms with Crippen LogP contribution in [0.15, 0.2) is 134 Å². The minimum atomic E-state index is -0.842.